The molecule has 0 saturated carbocycles. The molecule has 0 aromatic heterocycles. The normalized spacial score (nSPS) is 12.0. The molecule has 0 amide bonds. The van der Waals surface area contributed by atoms with E-state index in [1.54, 1.807) is 0 Å². The summed E-state index contributed by atoms with van der Waals surface area (Å²) in [6.45, 7) is 2.65. The van der Waals surface area contributed by atoms with Gasteiger partial charge in [0.15, 0.2) is 0 Å². The van der Waals surface area contributed by atoms with Gasteiger partial charge in [0.25, 0.3) is 0 Å². The number of hydrogen-bond acceptors (Lipinski definition) is 2. The summed E-state index contributed by atoms with van der Waals surface area (Å²) >= 11 is 0. The van der Waals surface area contributed by atoms with Gasteiger partial charge >= 0.3 is 5.97 Å². The second-order valence-corrected chi connectivity index (χ2v) is 5.48. The zero-order valence-electron chi connectivity index (χ0n) is 13.0. The third-order valence-corrected chi connectivity index (χ3v) is 3.76. The molecule has 0 radical (unpaired) electrons. The molecule has 0 aliphatic carbocycles. The molecule has 0 bridgehead atoms. The molecule has 0 unspecified atom stereocenters. The Morgan fingerprint density at radius 3 is 2.27 bits per heavy atom. The maximum Gasteiger partial charge on any atom is 0.320 e. The average Bonchev–Trinajstić information content (AvgIpc) is 2.56. The fourth-order valence-corrected chi connectivity index (χ4v) is 2.41. The first kappa shape index (κ1) is 16.2. The Labute approximate surface area is 132 Å². The molecular weight excluding hydrogens is 274 g/mol. The Morgan fingerprint density at radius 2 is 1.68 bits per heavy atom. The summed E-state index contributed by atoms with van der Waals surface area (Å²) in [5, 5.41) is 12.3. The zero-order chi connectivity index (χ0) is 15.8. The van der Waals surface area contributed by atoms with Crippen LogP contribution in [0.25, 0.3) is 11.1 Å². The first-order chi connectivity index (χ1) is 10.7. The lowest BCUT2D eigenvalue weighted by atomic mass is 10.0. The van der Waals surface area contributed by atoms with Crippen LogP contribution < -0.4 is 5.32 Å². The van der Waals surface area contributed by atoms with E-state index in [2.05, 4.69) is 36.5 Å². The molecule has 22 heavy (non-hydrogen) atoms. The van der Waals surface area contributed by atoms with Gasteiger partial charge in [-0.15, -0.1) is 0 Å². The van der Waals surface area contributed by atoms with Crippen LogP contribution in [0, 0.1) is 0 Å². The van der Waals surface area contributed by atoms with Crippen LogP contribution in [0.3, 0.4) is 0 Å². The van der Waals surface area contributed by atoms with E-state index in [-0.39, 0.29) is 0 Å². The lowest BCUT2D eigenvalue weighted by Gasteiger charge is -2.14. The second-order valence-electron chi connectivity index (χ2n) is 5.48. The zero-order valence-corrected chi connectivity index (χ0v) is 13.0. The number of aliphatic carboxylic acids is 1. The molecule has 0 fully saturated rings. The predicted octanol–water partition coefficient (Wildman–Crippen LogP) is 4.09. The number of rotatable bonds is 8. The van der Waals surface area contributed by atoms with E-state index in [9.17, 15) is 9.90 Å². The summed E-state index contributed by atoms with van der Waals surface area (Å²) in [6, 6.07) is 18.0. The van der Waals surface area contributed by atoms with E-state index < -0.39 is 12.0 Å². The van der Waals surface area contributed by atoms with Crippen molar-refractivity contribution >= 4 is 5.97 Å². The molecule has 1 atom stereocenters. The second kappa shape index (κ2) is 8.35. The van der Waals surface area contributed by atoms with Crippen molar-refractivity contribution in [2.24, 2.45) is 0 Å². The SMILES string of the molecule is CCCC[C@H](NCc1ccc(-c2ccccc2)cc1)C(=O)O. The summed E-state index contributed by atoms with van der Waals surface area (Å²) in [4.78, 5) is 11.2. The third-order valence-electron chi connectivity index (χ3n) is 3.76. The highest BCUT2D eigenvalue weighted by Gasteiger charge is 2.15. The van der Waals surface area contributed by atoms with Gasteiger partial charge in [-0.25, -0.2) is 0 Å². The van der Waals surface area contributed by atoms with Crippen LogP contribution in [-0.4, -0.2) is 17.1 Å². The quantitative estimate of drug-likeness (QED) is 0.771. The fraction of sp³-hybridized carbons (Fsp3) is 0.316. The minimum atomic E-state index is -0.769. The van der Waals surface area contributed by atoms with Gasteiger partial charge < -0.3 is 10.4 Å². The van der Waals surface area contributed by atoms with Gasteiger partial charge in [-0.05, 0) is 23.1 Å². The largest absolute Gasteiger partial charge is 0.480 e. The fourth-order valence-electron chi connectivity index (χ4n) is 2.41. The molecule has 0 aliphatic heterocycles. The first-order valence-corrected chi connectivity index (χ1v) is 7.81. The van der Waals surface area contributed by atoms with Crippen molar-refractivity contribution in [3.8, 4) is 11.1 Å². The van der Waals surface area contributed by atoms with Crippen molar-refractivity contribution in [3.63, 3.8) is 0 Å². The monoisotopic (exact) mass is 297 g/mol. The Hall–Kier alpha value is -2.13. The number of carbonyl (C=O) groups is 1. The molecule has 2 aromatic carbocycles. The van der Waals surface area contributed by atoms with E-state index in [0.29, 0.717) is 13.0 Å². The third kappa shape index (κ3) is 4.71. The number of unbranched alkanes of at least 4 members (excludes halogenated alkanes) is 1. The average molecular weight is 297 g/mol. The van der Waals surface area contributed by atoms with E-state index in [0.717, 1.165) is 18.4 Å². The minimum Gasteiger partial charge on any atom is -0.480 e. The van der Waals surface area contributed by atoms with Crippen LogP contribution in [0.2, 0.25) is 0 Å². The molecule has 116 valence electrons. The summed E-state index contributed by atoms with van der Waals surface area (Å²) in [6.07, 6.45) is 2.61. The Morgan fingerprint density at radius 1 is 1.05 bits per heavy atom. The smallest absolute Gasteiger partial charge is 0.320 e. The summed E-state index contributed by atoms with van der Waals surface area (Å²) in [5.74, 6) is -0.769. The van der Waals surface area contributed by atoms with Crippen LogP contribution in [0.1, 0.15) is 31.7 Å². The minimum absolute atomic E-state index is 0.464. The van der Waals surface area contributed by atoms with E-state index in [1.165, 1.54) is 11.1 Å². The lowest BCUT2D eigenvalue weighted by Crippen LogP contribution is -2.36. The highest BCUT2D eigenvalue weighted by Crippen LogP contribution is 2.19. The summed E-state index contributed by atoms with van der Waals surface area (Å²) in [7, 11) is 0. The van der Waals surface area contributed by atoms with Crippen LogP contribution in [0.15, 0.2) is 54.6 Å². The summed E-state index contributed by atoms with van der Waals surface area (Å²) in [5.41, 5.74) is 3.46. The Kier molecular flexibility index (Phi) is 6.16. The molecular formula is C19H23NO2. The van der Waals surface area contributed by atoms with E-state index >= 15 is 0 Å². The van der Waals surface area contributed by atoms with E-state index in [4.69, 9.17) is 0 Å². The standard InChI is InChI=1S/C19H23NO2/c1-2-3-9-18(19(21)22)20-14-15-10-12-17(13-11-15)16-7-5-4-6-8-16/h4-8,10-13,18,20H,2-3,9,14H2,1H3,(H,21,22)/t18-/m0/s1. The van der Waals surface area contributed by atoms with Crippen molar-refractivity contribution in [2.45, 2.75) is 38.8 Å². The first-order valence-electron chi connectivity index (χ1n) is 7.81. The van der Waals surface area contributed by atoms with Crippen LogP contribution >= 0.6 is 0 Å². The summed E-state index contributed by atoms with van der Waals surface area (Å²) < 4.78 is 0. The van der Waals surface area contributed by atoms with Crippen molar-refractivity contribution < 1.29 is 9.90 Å². The van der Waals surface area contributed by atoms with Gasteiger partial charge in [-0.1, -0.05) is 74.4 Å². The van der Waals surface area contributed by atoms with Crippen molar-refractivity contribution in [1.82, 2.24) is 5.32 Å². The Balaban J connectivity index is 1.95. The molecule has 0 spiro atoms. The number of carboxylic acid groups (broad SMARTS) is 1. The molecule has 2 rings (SSSR count). The van der Waals surface area contributed by atoms with Gasteiger partial charge in [0.1, 0.15) is 6.04 Å². The predicted molar refractivity (Wildman–Crippen MR) is 89.7 cm³/mol. The maximum absolute atomic E-state index is 11.2. The number of hydrogen-bond donors (Lipinski definition) is 2. The molecule has 2 N–H and O–H groups in total. The van der Waals surface area contributed by atoms with Crippen molar-refractivity contribution in [3.05, 3.63) is 60.2 Å². The molecule has 3 nitrogen and oxygen atoms in total. The van der Waals surface area contributed by atoms with Gasteiger partial charge in [0, 0.05) is 6.54 Å². The topological polar surface area (TPSA) is 49.3 Å². The van der Waals surface area contributed by atoms with Gasteiger partial charge in [0.05, 0.1) is 0 Å². The highest BCUT2D eigenvalue weighted by atomic mass is 16.4. The molecule has 0 aliphatic rings. The number of nitrogens with one attached hydrogen (secondary N) is 1. The number of benzene rings is 2. The van der Waals surface area contributed by atoms with Crippen LogP contribution in [0.4, 0.5) is 0 Å². The van der Waals surface area contributed by atoms with Gasteiger partial charge in [0.2, 0.25) is 0 Å². The van der Waals surface area contributed by atoms with Gasteiger partial charge in [-0.3, -0.25) is 4.79 Å². The molecule has 0 saturated heterocycles. The Bertz CT molecular complexity index is 578. The van der Waals surface area contributed by atoms with Crippen LogP contribution in [0.5, 0.6) is 0 Å². The van der Waals surface area contributed by atoms with Crippen LogP contribution in [-0.2, 0) is 11.3 Å². The molecule has 2 aromatic rings. The molecule has 3 heteroatoms. The number of carboxylic acids is 1. The van der Waals surface area contributed by atoms with Crippen molar-refractivity contribution in [1.29, 1.82) is 0 Å². The maximum atomic E-state index is 11.2. The van der Waals surface area contributed by atoms with Gasteiger partial charge in [-0.2, -0.15) is 0 Å². The highest BCUT2D eigenvalue weighted by molar-refractivity contribution is 5.73. The van der Waals surface area contributed by atoms with E-state index in [1.807, 2.05) is 30.3 Å². The van der Waals surface area contributed by atoms with Crippen molar-refractivity contribution in [2.75, 3.05) is 0 Å². The lowest BCUT2D eigenvalue weighted by molar-refractivity contribution is -0.139. The molecule has 0 heterocycles.